The first kappa shape index (κ1) is 14.5. The first-order chi connectivity index (χ1) is 9.58. The van der Waals surface area contributed by atoms with Gasteiger partial charge >= 0.3 is 0 Å². The number of ketones is 1. The van der Waals surface area contributed by atoms with Gasteiger partial charge in [0.25, 0.3) is 0 Å². The molecular formula is C14H14ClFN2O2. The Balaban J connectivity index is 2.52. The van der Waals surface area contributed by atoms with Crippen molar-refractivity contribution in [2.75, 3.05) is 7.11 Å². The SMILES string of the molecule is CCCn1ncc(OC)c1C(=O)c1cc(Cl)ccc1F. The second-order valence-corrected chi connectivity index (χ2v) is 4.67. The van der Waals surface area contributed by atoms with Gasteiger partial charge < -0.3 is 4.74 Å². The van der Waals surface area contributed by atoms with E-state index in [1.54, 1.807) is 0 Å². The van der Waals surface area contributed by atoms with E-state index in [-0.39, 0.29) is 11.3 Å². The Morgan fingerprint density at radius 1 is 1.50 bits per heavy atom. The molecule has 0 saturated carbocycles. The number of hydrogen-bond acceptors (Lipinski definition) is 3. The summed E-state index contributed by atoms with van der Waals surface area (Å²) in [6.45, 7) is 2.51. The Hall–Kier alpha value is -1.88. The summed E-state index contributed by atoms with van der Waals surface area (Å²) >= 11 is 5.82. The molecular weight excluding hydrogens is 283 g/mol. The third-order valence-corrected chi connectivity index (χ3v) is 3.08. The van der Waals surface area contributed by atoms with E-state index in [0.29, 0.717) is 17.3 Å². The summed E-state index contributed by atoms with van der Waals surface area (Å²) in [5.41, 5.74) is 0.143. The van der Waals surface area contributed by atoms with Crippen LogP contribution in [0, 0.1) is 5.82 Å². The molecule has 0 saturated heterocycles. The van der Waals surface area contributed by atoms with Crippen LogP contribution in [-0.4, -0.2) is 22.7 Å². The zero-order valence-corrected chi connectivity index (χ0v) is 11.9. The number of aromatic nitrogens is 2. The summed E-state index contributed by atoms with van der Waals surface area (Å²) < 4.78 is 20.5. The van der Waals surface area contributed by atoms with E-state index in [2.05, 4.69) is 5.10 Å². The predicted molar refractivity (Wildman–Crippen MR) is 73.9 cm³/mol. The normalized spacial score (nSPS) is 10.6. The summed E-state index contributed by atoms with van der Waals surface area (Å²) in [5.74, 6) is -0.790. The molecule has 0 amide bonds. The van der Waals surface area contributed by atoms with Gasteiger partial charge in [0.15, 0.2) is 11.4 Å². The number of carbonyl (C=O) groups is 1. The van der Waals surface area contributed by atoms with Crippen LogP contribution in [0.5, 0.6) is 5.75 Å². The molecule has 2 rings (SSSR count). The lowest BCUT2D eigenvalue weighted by atomic mass is 10.1. The number of carbonyl (C=O) groups excluding carboxylic acids is 1. The molecule has 20 heavy (non-hydrogen) atoms. The molecule has 0 spiro atoms. The average Bonchev–Trinajstić information content (AvgIpc) is 2.84. The Labute approximate surface area is 121 Å². The van der Waals surface area contributed by atoms with E-state index in [4.69, 9.17) is 16.3 Å². The summed E-state index contributed by atoms with van der Waals surface area (Å²) in [6, 6.07) is 3.87. The van der Waals surface area contributed by atoms with Gasteiger partial charge in [-0.2, -0.15) is 5.10 Å². The zero-order valence-electron chi connectivity index (χ0n) is 11.2. The molecule has 1 aromatic carbocycles. The van der Waals surface area contributed by atoms with Gasteiger partial charge in [-0.3, -0.25) is 9.48 Å². The fourth-order valence-corrected chi connectivity index (χ4v) is 2.10. The number of aryl methyl sites for hydroxylation is 1. The molecule has 0 fully saturated rings. The van der Waals surface area contributed by atoms with E-state index in [1.807, 2.05) is 6.92 Å². The molecule has 0 aliphatic rings. The largest absolute Gasteiger partial charge is 0.493 e. The zero-order chi connectivity index (χ0) is 14.7. The second-order valence-electron chi connectivity index (χ2n) is 4.24. The average molecular weight is 297 g/mol. The van der Waals surface area contributed by atoms with Crippen LogP contribution in [0.15, 0.2) is 24.4 Å². The molecule has 0 aliphatic carbocycles. The lowest BCUT2D eigenvalue weighted by Crippen LogP contribution is -2.14. The van der Waals surface area contributed by atoms with Crippen LogP contribution in [0.1, 0.15) is 29.4 Å². The van der Waals surface area contributed by atoms with Crippen molar-refractivity contribution in [1.82, 2.24) is 9.78 Å². The molecule has 0 unspecified atom stereocenters. The number of nitrogens with zero attached hydrogens (tertiary/aromatic N) is 2. The highest BCUT2D eigenvalue weighted by molar-refractivity contribution is 6.31. The highest BCUT2D eigenvalue weighted by Crippen LogP contribution is 2.24. The molecule has 1 aromatic heterocycles. The minimum absolute atomic E-state index is 0.0892. The maximum atomic E-state index is 13.8. The predicted octanol–water partition coefficient (Wildman–Crippen LogP) is 3.33. The molecule has 6 heteroatoms. The van der Waals surface area contributed by atoms with Crippen LogP contribution < -0.4 is 4.74 Å². The fourth-order valence-electron chi connectivity index (χ4n) is 1.93. The highest BCUT2D eigenvalue weighted by Gasteiger charge is 2.23. The quantitative estimate of drug-likeness (QED) is 0.795. The first-order valence-corrected chi connectivity index (χ1v) is 6.55. The number of ether oxygens (including phenoxy) is 1. The molecule has 4 nitrogen and oxygen atoms in total. The standard InChI is InChI=1S/C14H14ClFN2O2/c1-3-6-18-13(12(20-2)8-17-18)14(19)10-7-9(15)4-5-11(10)16/h4-5,7-8H,3,6H2,1-2H3. The molecule has 0 atom stereocenters. The molecule has 0 bridgehead atoms. The Bertz CT molecular complexity index is 640. The van der Waals surface area contributed by atoms with Gasteiger partial charge in [-0.15, -0.1) is 0 Å². The first-order valence-electron chi connectivity index (χ1n) is 6.18. The maximum absolute atomic E-state index is 13.8. The van der Waals surface area contributed by atoms with Gasteiger partial charge in [-0.05, 0) is 24.6 Å². The van der Waals surface area contributed by atoms with Gasteiger partial charge in [-0.25, -0.2) is 4.39 Å². The van der Waals surface area contributed by atoms with Crippen LogP contribution in [0.25, 0.3) is 0 Å². The van der Waals surface area contributed by atoms with E-state index < -0.39 is 11.6 Å². The van der Waals surface area contributed by atoms with Gasteiger partial charge in [0.05, 0.1) is 18.9 Å². The third-order valence-electron chi connectivity index (χ3n) is 2.85. The topological polar surface area (TPSA) is 44.1 Å². The highest BCUT2D eigenvalue weighted by atomic mass is 35.5. The van der Waals surface area contributed by atoms with Crippen molar-refractivity contribution in [2.45, 2.75) is 19.9 Å². The molecule has 1 heterocycles. The number of hydrogen-bond donors (Lipinski definition) is 0. The van der Waals surface area contributed by atoms with Crippen molar-refractivity contribution in [2.24, 2.45) is 0 Å². The summed E-state index contributed by atoms with van der Waals surface area (Å²) in [4.78, 5) is 12.5. The number of halogens is 2. The monoisotopic (exact) mass is 296 g/mol. The Morgan fingerprint density at radius 2 is 2.25 bits per heavy atom. The molecule has 0 radical (unpaired) electrons. The van der Waals surface area contributed by atoms with Crippen LogP contribution in [0.2, 0.25) is 5.02 Å². The lowest BCUT2D eigenvalue weighted by molar-refractivity contribution is 0.102. The van der Waals surface area contributed by atoms with Crippen LogP contribution in [0.3, 0.4) is 0 Å². The maximum Gasteiger partial charge on any atom is 0.217 e. The third kappa shape index (κ3) is 2.67. The van der Waals surface area contributed by atoms with E-state index in [9.17, 15) is 9.18 Å². The van der Waals surface area contributed by atoms with Gasteiger partial charge in [0.1, 0.15) is 5.82 Å². The van der Waals surface area contributed by atoms with E-state index in [0.717, 1.165) is 6.42 Å². The van der Waals surface area contributed by atoms with Gasteiger partial charge in [0, 0.05) is 11.6 Å². The molecule has 2 aromatic rings. The van der Waals surface area contributed by atoms with Crippen molar-refractivity contribution in [3.8, 4) is 5.75 Å². The Morgan fingerprint density at radius 3 is 2.90 bits per heavy atom. The number of benzene rings is 1. The number of rotatable bonds is 5. The summed E-state index contributed by atoms with van der Waals surface area (Å²) in [6.07, 6.45) is 2.24. The van der Waals surface area contributed by atoms with Crippen molar-refractivity contribution in [1.29, 1.82) is 0 Å². The second kappa shape index (κ2) is 6.05. The van der Waals surface area contributed by atoms with E-state index >= 15 is 0 Å². The van der Waals surface area contributed by atoms with Crippen LogP contribution in [-0.2, 0) is 6.54 Å². The van der Waals surface area contributed by atoms with Crippen molar-refractivity contribution in [3.63, 3.8) is 0 Å². The fraction of sp³-hybridized carbons (Fsp3) is 0.286. The van der Waals surface area contributed by atoms with Gasteiger partial charge in [-0.1, -0.05) is 18.5 Å². The molecule has 0 aliphatic heterocycles. The van der Waals surface area contributed by atoms with Crippen LogP contribution in [0.4, 0.5) is 4.39 Å². The lowest BCUT2D eigenvalue weighted by Gasteiger charge is -2.08. The smallest absolute Gasteiger partial charge is 0.217 e. The van der Waals surface area contributed by atoms with Crippen molar-refractivity contribution in [3.05, 3.63) is 46.5 Å². The molecule has 106 valence electrons. The van der Waals surface area contributed by atoms with Crippen LogP contribution >= 0.6 is 11.6 Å². The van der Waals surface area contributed by atoms with Crippen molar-refractivity contribution >= 4 is 17.4 Å². The minimum atomic E-state index is -0.620. The van der Waals surface area contributed by atoms with E-state index in [1.165, 1.54) is 36.2 Å². The van der Waals surface area contributed by atoms with Gasteiger partial charge in [0.2, 0.25) is 5.78 Å². The molecule has 0 N–H and O–H groups in total. The minimum Gasteiger partial charge on any atom is -0.493 e. The summed E-state index contributed by atoms with van der Waals surface area (Å²) in [7, 11) is 1.44. The summed E-state index contributed by atoms with van der Waals surface area (Å²) in [5, 5.41) is 4.39. The van der Waals surface area contributed by atoms with Crippen molar-refractivity contribution < 1.29 is 13.9 Å². The Kier molecular flexibility index (Phi) is 4.39. The number of methoxy groups -OCH3 is 1.